The largest absolute Gasteiger partial charge is 0.473 e. The monoisotopic (exact) mass is 443 g/mol. The summed E-state index contributed by atoms with van der Waals surface area (Å²) in [5.74, 6) is 0.345. The minimum atomic E-state index is -0.152. The zero-order chi connectivity index (χ0) is 19.5. The van der Waals surface area contributed by atoms with Crippen LogP contribution in [0.3, 0.4) is 0 Å². The summed E-state index contributed by atoms with van der Waals surface area (Å²) in [5.41, 5.74) is 2.07. The number of nitrogens with one attached hydrogen (secondary N) is 2. The van der Waals surface area contributed by atoms with Gasteiger partial charge in [0, 0.05) is 29.2 Å². The number of carbonyl (C=O) groups excluding carboxylic acids is 1. The van der Waals surface area contributed by atoms with Gasteiger partial charge in [-0.1, -0.05) is 34.1 Å². The van der Waals surface area contributed by atoms with E-state index in [4.69, 9.17) is 4.74 Å². The molecule has 28 heavy (non-hydrogen) atoms. The standard InChI is InChI=1S/C20H22BrN5O2/c1-26-19-15(18(25-26)20(27)23-14-8-10-22-11-9-14)6-7-17(24-19)28-12-13-4-2-3-5-16(13)21/h2-7,14,22H,8-12H2,1H3,(H,23,27). The van der Waals surface area contributed by atoms with Gasteiger partial charge in [-0.15, -0.1) is 0 Å². The van der Waals surface area contributed by atoms with Crippen LogP contribution in [0.5, 0.6) is 5.88 Å². The van der Waals surface area contributed by atoms with Crippen LogP contribution in [0.15, 0.2) is 40.9 Å². The fourth-order valence-corrected chi connectivity index (χ4v) is 3.75. The van der Waals surface area contributed by atoms with E-state index in [0.29, 0.717) is 23.8 Å². The third kappa shape index (κ3) is 4.02. The lowest BCUT2D eigenvalue weighted by molar-refractivity contribution is 0.0925. The molecule has 8 heteroatoms. The average Bonchev–Trinajstić information content (AvgIpc) is 3.04. The van der Waals surface area contributed by atoms with Gasteiger partial charge in [0.1, 0.15) is 6.61 Å². The number of aryl methyl sites for hydroxylation is 1. The summed E-state index contributed by atoms with van der Waals surface area (Å²) in [5, 5.41) is 11.5. The molecule has 0 unspecified atom stereocenters. The molecule has 0 bridgehead atoms. The Balaban J connectivity index is 1.51. The Hall–Kier alpha value is -2.45. The van der Waals surface area contributed by atoms with Crippen LogP contribution in [0.4, 0.5) is 0 Å². The average molecular weight is 444 g/mol. The number of nitrogens with zero attached hydrogens (tertiary/aromatic N) is 3. The number of carbonyl (C=O) groups is 1. The number of aromatic nitrogens is 3. The molecule has 0 saturated carbocycles. The molecule has 1 aliphatic rings. The minimum Gasteiger partial charge on any atom is -0.473 e. The van der Waals surface area contributed by atoms with Gasteiger partial charge in [0.25, 0.3) is 5.91 Å². The van der Waals surface area contributed by atoms with Crippen molar-refractivity contribution in [2.45, 2.75) is 25.5 Å². The highest BCUT2D eigenvalue weighted by atomic mass is 79.9. The van der Waals surface area contributed by atoms with E-state index < -0.39 is 0 Å². The van der Waals surface area contributed by atoms with E-state index in [2.05, 4.69) is 36.6 Å². The molecule has 1 aromatic carbocycles. The maximum Gasteiger partial charge on any atom is 0.272 e. The normalized spacial score (nSPS) is 14.9. The lowest BCUT2D eigenvalue weighted by atomic mass is 10.1. The molecule has 2 aromatic heterocycles. The first kappa shape index (κ1) is 18.9. The predicted octanol–water partition coefficient (Wildman–Crippen LogP) is 2.79. The van der Waals surface area contributed by atoms with Gasteiger partial charge in [-0.2, -0.15) is 10.1 Å². The number of fused-ring (bicyclic) bond motifs is 1. The van der Waals surface area contributed by atoms with Gasteiger partial charge in [0.05, 0.1) is 5.39 Å². The van der Waals surface area contributed by atoms with Crippen molar-refractivity contribution in [3.05, 3.63) is 52.1 Å². The maximum atomic E-state index is 12.7. The van der Waals surface area contributed by atoms with E-state index in [0.717, 1.165) is 41.4 Å². The lowest BCUT2D eigenvalue weighted by Gasteiger charge is -2.23. The highest BCUT2D eigenvalue weighted by Gasteiger charge is 2.21. The second kappa shape index (κ2) is 8.28. The third-order valence-corrected chi connectivity index (χ3v) is 5.66. The van der Waals surface area contributed by atoms with Gasteiger partial charge >= 0.3 is 0 Å². The second-order valence-electron chi connectivity index (χ2n) is 6.87. The van der Waals surface area contributed by atoms with Crippen molar-refractivity contribution in [2.75, 3.05) is 13.1 Å². The number of benzene rings is 1. The van der Waals surface area contributed by atoms with Crippen LogP contribution in [0.2, 0.25) is 0 Å². The van der Waals surface area contributed by atoms with Crippen molar-refractivity contribution in [2.24, 2.45) is 7.05 Å². The maximum absolute atomic E-state index is 12.7. The van der Waals surface area contributed by atoms with Gasteiger partial charge in [-0.25, -0.2) is 4.68 Å². The molecule has 3 aromatic rings. The van der Waals surface area contributed by atoms with Gasteiger partial charge in [0.2, 0.25) is 5.88 Å². The first-order chi connectivity index (χ1) is 13.6. The molecule has 0 spiro atoms. The smallest absolute Gasteiger partial charge is 0.272 e. The number of ether oxygens (including phenoxy) is 1. The van der Waals surface area contributed by atoms with Crippen molar-refractivity contribution >= 4 is 32.9 Å². The Morgan fingerprint density at radius 3 is 2.86 bits per heavy atom. The van der Waals surface area contributed by atoms with Crippen LogP contribution < -0.4 is 15.4 Å². The van der Waals surface area contributed by atoms with Crippen molar-refractivity contribution in [3.8, 4) is 5.88 Å². The zero-order valence-electron chi connectivity index (χ0n) is 15.6. The lowest BCUT2D eigenvalue weighted by Crippen LogP contribution is -2.42. The molecular weight excluding hydrogens is 422 g/mol. The summed E-state index contributed by atoms with van der Waals surface area (Å²) in [7, 11) is 1.79. The summed E-state index contributed by atoms with van der Waals surface area (Å²) in [4.78, 5) is 17.2. The molecule has 4 rings (SSSR count). The SMILES string of the molecule is Cn1nc(C(=O)NC2CCNCC2)c2ccc(OCc3ccccc3Br)nc21. The van der Waals surface area contributed by atoms with Crippen molar-refractivity contribution < 1.29 is 9.53 Å². The van der Waals surface area contributed by atoms with Crippen molar-refractivity contribution in [1.82, 2.24) is 25.4 Å². The third-order valence-electron chi connectivity index (χ3n) is 4.88. The number of hydrogen-bond acceptors (Lipinski definition) is 5. The molecule has 2 N–H and O–H groups in total. The van der Waals surface area contributed by atoms with E-state index in [1.54, 1.807) is 17.8 Å². The fourth-order valence-electron chi connectivity index (χ4n) is 3.35. The Morgan fingerprint density at radius 1 is 1.29 bits per heavy atom. The van der Waals surface area contributed by atoms with Crippen LogP contribution >= 0.6 is 15.9 Å². The second-order valence-corrected chi connectivity index (χ2v) is 7.73. The molecule has 0 atom stereocenters. The van der Waals surface area contributed by atoms with Gasteiger partial charge in [0.15, 0.2) is 11.3 Å². The molecule has 7 nitrogen and oxygen atoms in total. The van der Waals surface area contributed by atoms with Crippen LogP contribution in [-0.2, 0) is 13.7 Å². The number of pyridine rings is 1. The Bertz CT molecular complexity index is 997. The first-order valence-corrected chi connectivity index (χ1v) is 10.1. The Morgan fingerprint density at radius 2 is 2.07 bits per heavy atom. The van der Waals surface area contributed by atoms with Gasteiger partial charge < -0.3 is 15.4 Å². The number of halogens is 1. The molecule has 0 radical (unpaired) electrons. The topological polar surface area (TPSA) is 81.1 Å². The van der Waals surface area contributed by atoms with Gasteiger partial charge in [-0.3, -0.25) is 4.79 Å². The van der Waals surface area contributed by atoms with Gasteiger partial charge in [-0.05, 0) is 38.1 Å². The van der Waals surface area contributed by atoms with Crippen LogP contribution in [0, 0.1) is 0 Å². The summed E-state index contributed by atoms with van der Waals surface area (Å²) in [6.07, 6.45) is 1.86. The predicted molar refractivity (Wildman–Crippen MR) is 110 cm³/mol. The number of piperidine rings is 1. The van der Waals surface area contributed by atoms with E-state index in [1.807, 2.05) is 30.3 Å². The zero-order valence-corrected chi connectivity index (χ0v) is 17.2. The molecule has 146 valence electrons. The fraction of sp³-hybridized carbons (Fsp3) is 0.350. The van der Waals surface area contributed by atoms with Crippen LogP contribution in [-0.4, -0.2) is 39.8 Å². The quantitative estimate of drug-likeness (QED) is 0.633. The van der Waals surface area contributed by atoms with Crippen molar-refractivity contribution in [1.29, 1.82) is 0 Å². The molecule has 1 saturated heterocycles. The highest BCUT2D eigenvalue weighted by molar-refractivity contribution is 9.10. The van der Waals surface area contributed by atoms with Crippen LogP contribution in [0.25, 0.3) is 11.0 Å². The summed E-state index contributed by atoms with van der Waals surface area (Å²) in [6, 6.07) is 11.7. The highest BCUT2D eigenvalue weighted by Crippen LogP contribution is 2.22. The van der Waals surface area contributed by atoms with E-state index in [9.17, 15) is 4.79 Å². The number of amides is 1. The molecule has 0 aliphatic carbocycles. The Kier molecular flexibility index (Phi) is 5.59. The van der Waals surface area contributed by atoms with E-state index in [-0.39, 0.29) is 11.9 Å². The number of rotatable bonds is 5. The molecular formula is C20H22BrN5O2. The Labute approximate surface area is 171 Å². The van der Waals surface area contributed by atoms with Crippen molar-refractivity contribution in [3.63, 3.8) is 0 Å². The summed E-state index contributed by atoms with van der Waals surface area (Å²) in [6.45, 7) is 2.25. The summed E-state index contributed by atoms with van der Waals surface area (Å²) < 4.78 is 8.45. The molecule has 3 heterocycles. The van der Waals surface area contributed by atoms with E-state index >= 15 is 0 Å². The minimum absolute atomic E-state index is 0.152. The first-order valence-electron chi connectivity index (χ1n) is 9.33. The molecule has 1 amide bonds. The van der Waals surface area contributed by atoms with E-state index in [1.165, 1.54) is 0 Å². The molecule has 1 aliphatic heterocycles. The number of hydrogen-bond donors (Lipinski definition) is 2. The summed E-state index contributed by atoms with van der Waals surface area (Å²) >= 11 is 3.52. The molecule has 1 fully saturated rings. The van der Waals surface area contributed by atoms with Crippen LogP contribution in [0.1, 0.15) is 28.9 Å².